The highest BCUT2D eigenvalue weighted by Crippen LogP contribution is 2.17. The van der Waals surface area contributed by atoms with Crippen molar-refractivity contribution in [3.63, 3.8) is 0 Å². The third-order valence-electron chi connectivity index (χ3n) is 2.75. The highest BCUT2D eigenvalue weighted by Gasteiger charge is 1.97. The minimum absolute atomic E-state index is 0.743. The Balaban J connectivity index is 1.76. The molecule has 0 fully saturated rings. The van der Waals surface area contributed by atoms with Crippen LogP contribution in [0, 0.1) is 0 Å². The Morgan fingerprint density at radius 2 is 2.12 bits per heavy atom. The molecule has 0 saturated carbocycles. The molecule has 0 unspecified atom stereocenters. The Morgan fingerprint density at radius 1 is 1.12 bits per heavy atom. The first-order chi connectivity index (χ1) is 8.42. The van der Waals surface area contributed by atoms with Gasteiger partial charge in [-0.15, -0.1) is 0 Å². The van der Waals surface area contributed by atoms with E-state index < -0.39 is 0 Å². The first-order valence-electron chi connectivity index (χ1n) is 5.63. The lowest BCUT2D eigenvalue weighted by Crippen LogP contribution is -2.00. The second-order valence-electron chi connectivity index (χ2n) is 3.95. The fraction of sp³-hybridized carbons (Fsp3) is 0.0714. The van der Waals surface area contributed by atoms with E-state index in [1.807, 2.05) is 30.6 Å². The molecule has 0 bridgehead atoms. The van der Waals surface area contributed by atoms with Gasteiger partial charge in [-0.2, -0.15) is 0 Å². The highest BCUT2D eigenvalue weighted by molar-refractivity contribution is 5.82. The van der Waals surface area contributed by atoms with Gasteiger partial charge in [-0.05, 0) is 35.7 Å². The molecule has 84 valence electrons. The van der Waals surface area contributed by atoms with Gasteiger partial charge in [0.05, 0.1) is 12.2 Å². The molecule has 0 radical (unpaired) electrons. The topological polar surface area (TPSA) is 40.7 Å². The largest absolute Gasteiger partial charge is 0.379 e. The van der Waals surface area contributed by atoms with Gasteiger partial charge in [0, 0.05) is 23.6 Å². The van der Waals surface area contributed by atoms with Gasteiger partial charge in [-0.25, -0.2) is 0 Å². The van der Waals surface area contributed by atoms with Crippen LogP contribution in [0.1, 0.15) is 5.69 Å². The summed E-state index contributed by atoms with van der Waals surface area (Å²) in [4.78, 5) is 7.48. The normalized spacial score (nSPS) is 10.6. The lowest BCUT2D eigenvalue weighted by atomic mass is 10.2. The molecule has 3 rings (SSSR count). The van der Waals surface area contributed by atoms with Crippen molar-refractivity contribution >= 4 is 16.6 Å². The molecule has 2 N–H and O–H groups in total. The van der Waals surface area contributed by atoms with Gasteiger partial charge < -0.3 is 10.3 Å². The van der Waals surface area contributed by atoms with Crippen LogP contribution in [-0.4, -0.2) is 9.97 Å². The van der Waals surface area contributed by atoms with Crippen molar-refractivity contribution in [2.24, 2.45) is 0 Å². The van der Waals surface area contributed by atoms with Gasteiger partial charge in [0.15, 0.2) is 0 Å². The molecular weight excluding hydrogens is 210 g/mol. The second-order valence-corrected chi connectivity index (χ2v) is 3.95. The van der Waals surface area contributed by atoms with E-state index in [2.05, 4.69) is 39.6 Å². The smallest absolute Gasteiger partial charge is 0.0594 e. The molecule has 2 aromatic heterocycles. The summed E-state index contributed by atoms with van der Waals surface area (Å²) in [6.45, 7) is 0.743. The highest BCUT2D eigenvalue weighted by atomic mass is 14.9. The van der Waals surface area contributed by atoms with Gasteiger partial charge in [0.1, 0.15) is 0 Å². The molecule has 0 saturated heterocycles. The number of aromatic nitrogens is 2. The van der Waals surface area contributed by atoms with Crippen LogP contribution in [0.5, 0.6) is 0 Å². The zero-order valence-electron chi connectivity index (χ0n) is 9.35. The van der Waals surface area contributed by atoms with Crippen molar-refractivity contribution in [1.29, 1.82) is 0 Å². The van der Waals surface area contributed by atoms with Gasteiger partial charge >= 0.3 is 0 Å². The molecule has 0 spiro atoms. The summed E-state index contributed by atoms with van der Waals surface area (Å²) in [5, 5.41) is 4.59. The van der Waals surface area contributed by atoms with Crippen molar-refractivity contribution in [2.45, 2.75) is 6.54 Å². The van der Waals surface area contributed by atoms with Crippen molar-refractivity contribution in [3.8, 4) is 0 Å². The number of rotatable bonds is 3. The van der Waals surface area contributed by atoms with E-state index in [0.717, 1.165) is 23.4 Å². The predicted molar refractivity (Wildman–Crippen MR) is 69.9 cm³/mol. The van der Waals surface area contributed by atoms with E-state index in [1.165, 1.54) is 5.39 Å². The third kappa shape index (κ3) is 2.13. The lowest BCUT2D eigenvalue weighted by Gasteiger charge is -2.05. The Bertz CT molecular complexity index is 613. The number of aromatic amines is 1. The number of fused-ring (bicyclic) bond motifs is 1. The van der Waals surface area contributed by atoms with E-state index in [-0.39, 0.29) is 0 Å². The molecule has 0 atom stereocenters. The number of hydrogen-bond donors (Lipinski definition) is 2. The zero-order valence-corrected chi connectivity index (χ0v) is 9.35. The summed E-state index contributed by atoms with van der Waals surface area (Å²) in [6, 6.07) is 14.3. The van der Waals surface area contributed by atoms with Crippen molar-refractivity contribution in [3.05, 3.63) is 60.6 Å². The number of benzene rings is 1. The van der Waals surface area contributed by atoms with Crippen LogP contribution in [0.2, 0.25) is 0 Å². The molecule has 17 heavy (non-hydrogen) atoms. The van der Waals surface area contributed by atoms with E-state index in [0.29, 0.717) is 0 Å². The molecule has 3 nitrogen and oxygen atoms in total. The molecule has 2 heterocycles. The van der Waals surface area contributed by atoms with Crippen LogP contribution in [-0.2, 0) is 6.54 Å². The van der Waals surface area contributed by atoms with Crippen LogP contribution in [0.3, 0.4) is 0 Å². The standard InChI is InChI=1S/C14H13N3/c1-2-7-15-13(3-1)10-17-12-5-4-11-6-8-16-14(11)9-12/h1-9,16-17H,10H2. The number of hydrogen-bond acceptors (Lipinski definition) is 2. The fourth-order valence-electron chi connectivity index (χ4n) is 1.85. The van der Waals surface area contributed by atoms with Gasteiger partial charge in [-0.3, -0.25) is 4.98 Å². The van der Waals surface area contributed by atoms with E-state index >= 15 is 0 Å². The molecular formula is C14H13N3. The SMILES string of the molecule is c1ccc(CNc2ccc3cc[nH]c3c2)nc1. The van der Waals surface area contributed by atoms with Gasteiger partial charge in [0.25, 0.3) is 0 Å². The van der Waals surface area contributed by atoms with E-state index in [1.54, 1.807) is 0 Å². The summed E-state index contributed by atoms with van der Waals surface area (Å²) >= 11 is 0. The van der Waals surface area contributed by atoms with Gasteiger partial charge in [-0.1, -0.05) is 12.1 Å². The number of pyridine rings is 1. The van der Waals surface area contributed by atoms with Crippen LogP contribution in [0.4, 0.5) is 5.69 Å². The summed E-state index contributed by atoms with van der Waals surface area (Å²) in [6.07, 6.45) is 3.76. The molecule has 0 aliphatic carbocycles. The maximum absolute atomic E-state index is 4.28. The predicted octanol–water partition coefficient (Wildman–Crippen LogP) is 3.18. The van der Waals surface area contributed by atoms with E-state index in [9.17, 15) is 0 Å². The molecule has 0 amide bonds. The maximum atomic E-state index is 4.28. The number of H-pyrrole nitrogens is 1. The van der Waals surface area contributed by atoms with E-state index in [4.69, 9.17) is 0 Å². The first kappa shape index (κ1) is 9.90. The second kappa shape index (κ2) is 4.29. The fourth-order valence-corrected chi connectivity index (χ4v) is 1.85. The molecule has 0 aliphatic rings. The quantitative estimate of drug-likeness (QED) is 0.716. The average Bonchev–Trinajstić information content (AvgIpc) is 2.85. The van der Waals surface area contributed by atoms with Crippen molar-refractivity contribution in [2.75, 3.05) is 5.32 Å². The van der Waals surface area contributed by atoms with Crippen LogP contribution in [0.15, 0.2) is 54.9 Å². The van der Waals surface area contributed by atoms with Crippen molar-refractivity contribution in [1.82, 2.24) is 9.97 Å². The Hall–Kier alpha value is -2.29. The number of anilines is 1. The zero-order chi connectivity index (χ0) is 11.5. The van der Waals surface area contributed by atoms with Crippen molar-refractivity contribution < 1.29 is 0 Å². The number of nitrogens with one attached hydrogen (secondary N) is 2. The van der Waals surface area contributed by atoms with Gasteiger partial charge in [0.2, 0.25) is 0 Å². The Labute approximate surface area is 99.5 Å². The summed E-state index contributed by atoms with van der Waals surface area (Å²) in [5.74, 6) is 0. The van der Waals surface area contributed by atoms with Crippen LogP contribution < -0.4 is 5.32 Å². The summed E-state index contributed by atoms with van der Waals surface area (Å²) in [7, 11) is 0. The monoisotopic (exact) mass is 223 g/mol. The summed E-state index contributed by atoms with van der Waals surface area (Å²) < 4.78 is 0. The number of nitrogens with zero attached hydrogens (tertiary/aromatic N) is 1. The Morgan fingerprint density at radius 3 is 3.00 bits per heavy atom. The summed E-state index contributed by atoms with van der Waals surface area (Å²) in [5.41, 5.74) is 3.29. The lowest BCUT2D eigenvalue weighted by molar-refractivity contribution is 1.05. The minimum Gasteiger partial charge on any atom is -0.379 e. The average molecular weight is 223 g/mol. The minimum atomic E-state index is 0.743. The third-order valence-corrected chi connectivity index (χ3v) is 2.75. The molecule has 3 aromatic rings. The molecule has 3 heteroatoms. The maximum Gasteiger partial charge on any atom is 0.0594 e. The Kier molecular flexibility index (Phi) is 2.50. The molecule has 0 aliphatic heterocycles. The molecule has 1 aromatic carbocycles. The first-order valence-corrected chi connectivity index (χ1v) is 5.63. The van der Waals surface area contributed by atoms with Crippen LogP contribution in [0.25, 0.3) is 10.9 Å². The van der Waals surface area contributed by atoms with Crippen LogP contribution >= 0.6 is 0 Å².